The number of hydrogen-bond acceptors (Lipinski definition) is 5. The molecule has 0 aliphatic carbocycles. The van der Waals surface area contributed by atoms with E-state index in [1.807, 2.05) is 0 Å². The van der Waals surface area contributed by atoms with E-state index in [1.165, 1.54) is 19.1 Å². The molecule has 0 aromatic heterocycles. The maximum absolute atomic E-state index is 12.2. The second-order valence-electron chi connectivity index (χ2n) is 4.25. The monoisotopic (exact) mass is 306 g/mol. The van der Waals surface area contributed by atoms with Crippen LogP contribution in [-0.2, 0) is 19.1 Å². The average molecular weight is 306 g/mol. The van der Waals surface area contributed by atoms with Crippen LogP contribution in [0.1, 0.15) is 6.42 Å². The van der Waals surface area contributed by atoms with Crippen LogP contribution in [0.2, 0.25) is 0 Å². The van der Waals surface area contributed by atoms with E-state index in [1.54, 1.807) is 0 Å². The average Bonchev–Trinajstić information content (AvgIpc) is 2.40. The summed E-state index contributed by atoms with van der Waals surface area (Å²) in [6.07, 6.45) is 0.555. The first kappa shape index (κ1) is 19.1. The van der Waals surface area contributed by atoms with Gasteiger partial charge in [-0.1, -0.05) is 0 Å². The molecule has 122 valence electrons. The second kappa shape index (κ2) is 10.9. The lowest BCUT2D eigenvalue weighted by atomic mass is 10.3. The molecule has 0 radical (unpaired) electrons. The highest BCUT2D eigenvalue weighted by atomic mass is 16.5. The fraction of sp³-hybridized carbons (Fsp3) is 0.750. The highest BCUT2D eigenvalue weighted by Gasteiger charge is 2.24. The number of carboxylic acids is 2. The molecule has 9 nitrogen and oxygen atoms in total. The molecular formula is C12H22N2O7. The molecule has 0 aromatic carbocycles. The Morgan fingerprint density at radius 3 is 1.81 bits per heavy atom. The maximum atomic E-state index is 12.2. The van der Waals surface area contributed by atoms with Gasteiger partial charge in [0.1, 0.15) is 13.1 Å². The van der Waals surface area contributed by atoms with E-state index in [2.05, 4.69) is 0 Å². The summed E-state index contributed by atoms with van der Waals surface area (Å²) in [6, 6.07) is -0.645. The third kappa shape index (κ3) is 8.82. The van der Waals surface area contributed by atoms with Gasteiger partial charge in [-0.05, 0) is 6.42 Å². The molecule has 0 bridgehead atoms. The van der Waals surface area contributed by atoms with Crippen LogP contribution in [-0.4, -0.2) is 91.6 Å². The van der Waals surface area contributed by atoms with Crippen molar-refractivity contribution in [2.45, 2.75) is 6.42 Å². The number of nitrogens with zero attached hydrogens (tertiary/aromatic N) is 2. The Hall–Kier alpha value is -1.87. The van der Waals surface area contributed by atoms with Crippen molar-refractivity contribution in [1.29, 1.82) is 0 Å². The molecule has 0 aliphatic heterocycles. The molecule has 2 N–H and O–H groups in total. The van der Waals surface area contributed by atoms with Gasteiger partial charge in [-0.2, -0.15) is 0 Å². The minimum absolute atomic E-state index is 0.245. The Labute approximate surface area is 123 Å². The molecule has 0 rings (SSSR count). The Bertz CT molecular complexity index is 332. The van der Waals surface area contributed by atoms with Gasteiger partial charge < -0.3 is 29.5 Å². The lowest BCUT2D eigenvalue weighted by Gasteiger charge is -2.28. The first-order valence-corrected chi connectivity index (χ1v) is 6.37. The predicted molar refractivity (Wildman–Crippen MR) is 72.2 cm³/mol. The van der Waals surface area contributed by atoms with Crippen molar-refractivity contribution in [2.75, 3.05) is 53.6 Å². The second-order valence-corrected chi connectivity index (χ2v) is 4.25. The summed E-state index contributed by atoms with van der Waals surface area (Å²) in [5.41, 5.74) is 0. The third-order valence-corrected chi connectivity index (χ3v) is 2.54. The summed E-state index contributed by atoms with van der Waals surface area (Å²) < 4.78 is 9.79. The van der Waals surface area contributed by atoms with E-state index >= 15 is 0 Å². The van der Waals surface area contributed by atoms with Crippen LogP contribution in [0.15, 0.2) is 0 Å². The van der Waals surface area contributed by atoms with E-state index in [0.717, 1.165) is 4.90 Å². The Morgan fingerprint density at radius 2 is 1.38 bits per heavy atom. The summed E-state index contributed by atoms with van der Waals surface area (Å²) in [5, 5.41) is 17.5. The van der Waals surface area contributed by atoms with Gasteiger partial charge in [-0.25, -0.2) is 4.79 Å². The zero-order valence-corrected chi connectivity index (χ0v) is 12.3. The number of aliphatic carboxylic acids is 2. The summed E-state index contributed by atoms with van der Waals surface area (Å²) >= 11 is 0. The van der Waals surface area contributed by atoms with Crippen molar-refractivity contribution in [1.82, 2.24) is 9.80 Å². The van der Waals surface area contributed by atoms with Gasteiger partial charge >= 0.3 is 18.0 Å². The number of ether oxygens (including phenoxy) is 2. The lowest BCUT2D eigenvalue weighted by Crippen LogP contribution is -2.48. The van der Waals surface area contributed by atoms with E-state index in [0.29, 0.717) is 19.6 Å². The van der Waals surface area contributed by atoms with Crippen LogP contribution in [0.5, 0.6) is 0 Å². The maximum Gasteiger partial charge on any atom is 0.323 e. The zero-order valence-electron chi connectivity index (χ0n) is 12.3. The SMILES string of the molecule is COCCCN(CCOC)C(=O)N(CC(=O)O)CC(=O)O. The van der Waals surface area contributed by atoms with Gasteiger partial charge in [0.25, 0.3) is 0 Å². The predicted octanol–water partition coefficient (Wildman–Crippen LogP) is -0.437. The van der Waals surface area contributed by atoms with Gasteiger partial charge in [0.2, 0.25) is 0 Å². The van der Waals surface area contributed by atoms with Crippen LogP contribution < -0.4 is 0 Å². The van der Waals surface area contributed by atoms with Crippen molar-refractivity contribution in [3.05, 3.63) is 0 Å². The molecule has 2 amide bonds. The van der Waals surface area contributed by atoms with E-state index < -0.39 is 31.1 Å². The minimum Gasteiger partial charge on any atom is -0.480 e. The zero-order chi connectivity index (χ0) is 16.3. The van der Waals surface area contributed by atoms with Crippen LogP contribution in [0.3, 0.4) is 0 Å². The molecule has 0 fully saturated rings. The largest absolute Gasteiger partial charge is 0.480 e. The Balaban J connectivity index is 4.79. The Morgan fingerprint density at radius 1 is 0.857 bits per heavy atom. The molecule has 0 saturated carbocycles. The molecule has 9 heteroatoms. The normalized spacial score (nSPS) is 10.2. The molecular weight excluding hydrogens is 284 g/mol. The van der Waals surface area contributed by atoms with Gasteiger partial charge in [0.05, 0.1) is 6.61 Å². The fourth-order valence-electron chi connectivity index (χ4n) is 1.62. The number of carbonyl (C=O) groups is 3. The fourth-order valence-corrected chi connectivity index (χ4v) is 1.62. The number of methoxy groups -OCH3 is 2. The minimum atomic E-state index is -1.27. The van der Waals surface area contributed by atoms with Crippen molar-refractivity contribution in [3.8, 4) is 0 Å². The molecule has 0 saturated heterocycles. The number of amides is 2. The third-order valence-electron chi connectivity index (χ3n) is 2.54. The quantitative estimate of drug-likeness (QED) is 0.497. The highest BCUT2D eigenvalue weighted by Crippen LogP contribution is 2.02. The van der Waals surface area contributed by atoms with Gasteiger partial charge in [0.15, 0.2) is 0 Å². The standard InChI is InChI=1S/C12H22N2O7/c1-20-6-3-4-13(5-7-21-2)12(19)14(8-10(15)16)9-11(17)18/h3-9H2,1-2H3,(H,15,16)(H,17,18). The van der Waals surface area contributed by atoms with E-state index in [-0.39, 0.29) is 13.2 Å². The van der Waals surface area contributed by atoms with Gasteiger partial charge in [-0.3, -0.25) is 9.59 Å². The van der Waals surface area contributed by atoms with Crippen molar-refractivity contribution >= 4 is 18.0 Å². The number of hydrogen-bond donors (Lipinski definition) is 2. The molecule has 0 aliphatic rings. The van der Waals surface area contributed by atoms with Gasteiger partial charge in [-0.15, -0.1) is 0 Å². The topological polar surface area (TPSA) is 117 Å². The highest BCUT2D eigenvalue weighted by molar-refractivity contribution is 5.84. The number of urea groups is 1. The van der Waals surface area contributed by atoms with Crippen LogP contribution in [0.25, 0.3) is 0 Å². The van der Waals surface area contributed by atoms with E-state index in [9.17, 15) is 14.4 Å². The van der Waals surface area contributed by atoms with Crippen molar-refractivity contribution in [3.63, 3.8) is 0 Å². The van der Waals surface area contributed by atoms with Crippen molar-refractivity contribution < 1.29 is 34.1 Å². The molecule has 0 atom stereocenters. The van der Waals surface area contributed by atoms with Gasteiger partial charge in [0, 0.05) is 33.9 Å². The Kier molecular flexibility index (Phi) is 9.90. The van der Waals surface area contributed by atoms with Crippen LogP contribution >= 0.6 is 0 Å². The molecule has 0 aromatic rings. The molecule has 0 spiro atoms. The van der Waals surface area contributed by atoms with Crippen LogP contribution in [0, 0.1) is 0 Å². The summed E-state index contributed by atoms with van der Waals surface area (Å²) in [6.45, 7) is -0.0559. The summed E-state index contributed by atoms with van der Waals surface area (Å²) in [7, 11) is 3.01. The first-order valence-electron chi connectivity index (χ1n) is 6.37. The number of carbonyl (C=O) groups excluding carboxylic acids is 1. The summed E-state index contributed by atoms with van der Waals surface area (Å²) in [5.74, 6) is -2.54. The molecule has 0 heterocycles. The summed E-state index contributed by atoms with van der Waals surface area (Å²) in [4.78, 5) is 35.9. The smallest absolute Gasteiger partial charge is 0.323 e. The van der Waals surface area contributed by atoms with Crippen LogP contribution in [0.4, 0.5) is 4.79 Å². The van der Waals surface area contributed by atoms with Crippen molar-refractivity contribution in [2.24, 2.45) is 0 Å². The molecule has 0 unspecified atom stereocenters. The van der Waals surface area contributed by atoms with E-state index in [4.69, 9.17) is 19.7 Å². The number of rotatable bonds is 11. The molecule has 21 heavy (non-hydrogen) atoms. The number of carboxylic acid groups (broad SMARTS) is 2. The lowest BCUT2D eigenvalue weighted by molar-refractivity contribution is -0.140. The first-order chi connectivity index (χ1) is 9.92.